The van der Waals surface area contributed by atoms with Crippen LogP contribution in [0.2, 0.25) is 0 Å². The van der Waals surface area contributed by atoms with E-state index in [0.29, 0.717) is 19.0 Å². The normalized spacial score (nSPS) is 12.8. The van der Waals surface area contributed by atoms with Gasteiger partial charge >= 0.3 is 0 Å². The van der Waals surface area contributed by atoms with Crippen LogP contribution in [0.5, 0.6) is 5.88 Å². The fraction of sp³-hybridized carbons (Fsp3) is 0.583. The van der Waals surface area contributed by atoms with Crippen LogP contribution in [0.15, 0.2) is 18.3 Å². The number of pyridine rings is 1. The molecule has 0 aromatic carbocycles. The van der Waals surface area contributed by atoms with E-state index in [9.17, 15) is 5.11 Å². The maximum atomic E-state index is 9.59. The monoisotopic (exact) mass is 224 g/mol. The molecule has 16 heavy (non-hydrogen) atoms. The summed E-state index contributed by atoms with van der Waals surface area (Å²) in [6, 6.07) is 3.79. The van der Waals surface area contributed by atoms with Crippen LogP contribution in [-0.4, -0.2) is 29.8 Å². The average molecular weight is 224 g/mol. The number of aliphatic hydroxyl groups excluding tert-OH is 1. The Balaban J connectivity index is 2.31. The highest BCUT2D eigenvalue weighted by Gasteiger charge is 2.07. The van der Waals surface area contributed by atoms with E-state index in [1.165, 1.54) is 0 Å². The van der Waals surface area contributed by atoms with Crippen molar-refractivity contribution in [2.45, 2.75) is 26.5 Å². The first kappa shape index (κ1) is 12.9. The van der Waals surface area contributed by atoms with Crippen molar-refractivity contribution in [1.82, 2.24) is 10.3 Å². The zero-order valence-corrected chi connectivity index (χ0v) is 10.1. The van der Waals surface area contributed by atoms with Gasteiger partial charge in [-0.15, -0.1) is 0 Å². The summed E-state index contributed by atoms with van der Waals surface area (Å²) in [5, 5.41) is 12.8. The van der Waals surface area contributed by atoms with Gasteiger partial charge in [-0.2, -0.15) is 0 Å². The molecule has 0 radical (unpaired) electrons. The third-order valence-electron chi connectivity index (χ3n) is 2.46. The Labute approximate surface area is 96.7 Å². The maximum Gasteiger partial charge on any atom is 0.212 e. The van der Waals surface area contributed by atoms with Gasteiger partial charge in [0.15, 0.2) is 0 Å². The summed E-state index contributed by atoms with van der Waals surface area (Å²) in [5.74, 6) is 0.896. The van der Waals surface area contributed by atoms with E-state index in [4.69, 9.17) is 4.74 Å². The van der Waals surface area contributed by atoms with Crippen LogP contribution in [0.25, 0.3) is 0 Å². The SMILES string of the molecule is COc1ccc(CNCC(O)C(C)C)cn1. The molecule has 1 atom stereocenters. The number of hydrogen-bond donors (Lipinski definition) is 2. The fourth-order valence-electron chi connectivity index (χ4n) is 1.24. The smallest absolute Gasteiger partial charge is 0.212 e. The first-order chi connectivity index (χ1) is 7.63. The van der Waals surface area contributed by atoms with E-state index in [1.807, 2.05) is 26.0 Å². The van der Waals surface area contributed by atoms with E-state index < -0.39 is 0 Å². The molecule has 0 aliphatic heterocycles. The maximum absolute atomic E-state index is 9.59. The van der Waals surface area contributed by atoms with Crippen LogP contribution in [0.1, 0.15) is 19.4 Å². The lowest BCUT2D eigenvalue weighted by Crippen LogP contribution is -2.30. The van der Waals surface area contributed by atoms with Gasteiger partial charge in [-0.25, -0.2) is 4.98 Å². The fourth-order valence-corrected chi connectivity index (χ4v) is 1.24. The lowest BCUT2D eigenvalue weighted by molar-refractivity contribution is 0.123. The lowest BCUT2D eigenvalue weighted by Gasteiger charge is -2.14. The quantitative estimate of drug-likeness (QED) is 0.762. The summed E-state index contributed by atoms with van der Waals surface area (Å²) in [6.07, 6.45) is 1.47. The number of methoxy groups -OCH3 is 1. The van der Waals surface area contributed by atoms with Gasteiger partial charge in [0.05, 0.1) is 13.2 Å². The average Bonchev–Trinajstić information content (AvgIpc) is 2.29. The number of hydrogen-bond acceptors (Lipinski definition) is 4. The second-order valence-corrected chi connectivity index (χ2v) is 4.15. The largest absolute Gasteiger partial charge is 0.481 e. The third kappa shape index (κ3) is 4.16. The molecule has 90 valence electrons. The van der Waals surface area contributed by atoms with Gasteiger partial charge in [0.25, 0.3) is 0 Å². The second-order valence-electron chi connectivity index (χ2n) is 4.15. The van der Waals surface area contributed by atoms with Gasteiger partial charge in [-0.3, -0.25) is 0 Å². The van der Waals surface area contributed by atoms with Gasteiger partial charge in [0.2, 0.25) is 5.88 Å². The van der Waals surface area contributed by atoms with E-state index in [2.05, 4.69) is 10.3 Å². The van der Waals surface area contributed by atoms with Gasteiger partial charge in [0, 0.05) is 25.4 Å². The molecular formula is C12H20N2O2. The molecule has 0 bridgehead atoms. The molecule has 0 aliphatic carbocycles. The Kier molecular flexibility index (Phi) is 5.22. The molecule has 0 aliphatic rings. The van der Waals surface area contributed by atoms with Crippen molar-refractivity contribution in [1.29, 1.82) is 0 Å². The number of aromatic nitrogens is 1. The molecule has 0 amide bonds. The first-order valence-corrected chi connectivity index (χ1v) is 5.51. The number of rotatable bonds is 6. The number of nitrogens with one attached hydrogen (secondary N) is 1. The molecular weight excluding hydrogens is 204 g/mol. The highest BCUT2D eigenvalue weighted by molar-refractivity contribution is 5.17. The minimum absolute atomic E-state index is 0.279. The molecule has 1 unspecified atom stereocenters. The predicted octanol–water partition coefficient (Wildman–Crippen LogP) is 1.20. The molecule has 0 saturated heterocycles. The number of aliphatic hydroxyl groups is 1. The van der Waals surface area contributed by atoms with Crippen LogP contribution >= 0.6 is 0 Å². The molecule has 1 rings (SSSR count). The highest BCUT2D eigenvalue weighted by atomic mass is 16.5. The summed E-state index contributed by atoms with van der Waals surface area (Å²) in [6.45, 7) is 5.31. The molecule has 4 heteroatoms. The van der Waals surface area contributed by atoms with E-state index in [0.717, 1.165) is 5.56 Å². The number of nitrogens with zero attached hydrogens (tertiary/aromatic N) is 1. The van der Waals surface area contributed by atoms with E-state index in [-0.39, 0.29) is 12.0 Å². The van der Waals surface area contributed by atoms with Crippen LogP contribution in [0.4, 0.5) is 0 Å². The third-order valence-corrected chi connectivity index (χ3v) is 2.46. The first-order valence-electron chi connectivity index (χ1n) is 5.51. The zero-order valence-electron chi connectivity index (χ0n) is 10.1. The van der Waals surface area contributed by atoms with Crippen molar-refractivity contribution < 1.29 is 9.84 Å². The van der Waals surface area contributed by atoms with E-state index in [1.54, 1.807) is 13.3 Å². The van der Waals surface area contributed by atoms with Gasteiger partial charge in [-0.1, -0.05) is 19.9 Å². The van der Waals surface area contributed by atoms with E-state index >= 15 is 0 Å². The standard InChI is InChI=1S/C12H20N2O2/c1-9(2)11(15)8-13-6-10-4-5-12(16-3)14-7-10/h4-5,7,9,11,13,15H,6,8H2,1-3H3. The summed E-state index contributed by atoms with van der Waals surface area (Å²) < 4.78 is 4.97. The Bertz CT molecular complexity index is 298. The van der Waals surface area contributed by atoms with Crippen LogP contribution in [0, 0.1) is 5.92 Å². The minimum Gasteiger partial charge on any atom is -0.481 e. The molecule has 4 nitrogen and oxygen atoms in total. The summed E-state index contributed by atoms with van der Waals surface area (Å²) in [5.41, 5.74) is 1.08. The van der Waals surface area contributed by atoms with Crippen molar-refractivity contribution in [3.63, 3.8) is 0 Å². The Morgan fingerprint density at radius 1 is 1.44 bits per heavy atom. The minimum atomic E-state index is -0.300. The molecule has 0 fully saturated rings. The Hall–Kier alpha value is -1.13. The molecule has 1 aromatic heterocycles. The van der Waals surface area contributed by atoms with Gasteiger partial charge in [-0.05, 0) is 11.5 Å². The molecule has 1 aromatic rings. The van der Waals surface area contributed by atoms with Gasteiger partial charge in [0.1, 0.15) is 0 Å². The van der Waals surface area contributed by atoms with Crippen molar-refractivity contribution in [3.8, 4) is 5.88 Å². The molecule has 2 N–H and O–H groups in total. The number of ether oxygens (including phenoxy) is 1. The molecule has 1 heterocycles. The zero-order chi connectivity index (χ0) is 12.0. The van der Waals surface area contributed by atoms with Crippen molar-refractivity contribution in [2.75, 3.05) is 13.7 Å². The van der Waals surface area contributed by atoms with Crippen LogP contribution in [-0.2, 0) is 6.54 Å². The highest BCUT2D eigenvalue weighted by Crippen LogP contribution is 2.06. The molecule has 0 spiro atoms. The van der Waals surface area contributed by atoms with Crippen molar-refractivity contribution in [3.05, 3.63) is 23.9 Å². The van der Waals surface area contributed by atoms with Crippen molar-refractivity contribution in [2.24, 2.45) is 5.92 Å². The summed E-state index contributed by atoms with van der Waals surface area (Å²) in [7, 11) is 1.60. The van der Waals surface area contributed by atoms with Gasteiger partial charge < -0.3 is 15.2 Å². The Morgan fingerprint density at radius 3 is 2.69 bits per heavy atom. The van der Waals surface area contributed by atoms with Crippen molar-refractivity contribution >= 4 is 0 Å². The lowest BCUT2D eigenvalue weighted by atomic mass is 10.1. The van der Waals surface area contributed by atoms with Crippen LogP contribution in [0.3, 0.4) is 0 Å². The van der Waals surface area contributed by atoms with Crippen LogP contribution < -0.4 is 10.1 Å². The summed E-state index contributed by atoms with van der Waals surface area (Å²) >= 11 is 0. The second kappa shape index (κ2) is 6.45. The summed E-state index contributed by atoms with van der Waals surface area (Å²) in [4.78, 5) is 4.11. The molecule has 0 saturated carbocycles. The predicted molar refractivity (Wildman–Crippen MR) is 63.3 cm³/mol. The topological polar surface area (TPSA) is 54.4 Å². The Morgan fingerprint density at radius 2 is 2.19 bits per heavy atom.